The van der Waals surface area contributed by atoms with Crippen molar-refractivity contribution in [3.63, 3.8) is 0 Å². The fraction of sp³-hybridized carbons (Fsp3) is 0.938. The Balaban J connectivity index is 2.45. The van der Waals surface area contributed by atoms with E-state index in [1.165, 1.54) is 0 Å². The van der Waals surface area contributed by atoms with Gasteiger partial charge in [0.05, 0.1) is 11.5 Å². The van der Waals surface area contributed by atoms with Crippen LogP contribution in [0.15, 0.2) is 0 Å². The molecular formula is C16H32N2O3. The average Bonchev–Trinajstić information content (AvgIpc) is 2.35. The van der Waals surface area contributed by atoms with Crippen LogP contribution >= 0.6 is 0 Å². The zero-order valence-electron chi connectivity index (χ0n) is 13.9. The molecule has 0 amide bonds. The van der Waals surface area contributed by atoms with Crippen molar-refractivity contribution in [3.8, 4) is 0 Å². The number of carbonyl (C=O) groups is 1. The van der Waals surface area contributed by atoms with E-state index in [1.54, 1.807) is 0 Å². The fourth-order valence-electron chi connectivity index (χ4n) is 3.15. The summed E-state index contributed by atoms with van der Waals surface area (Å²) in [6, 6.07) is 0.362. The number of hydrogen-bond acceptors (Lipinski definition) is 4. The Morgan fingerprint density at radius 3 is 2.33 bits per heavy atom. The molecule has 0 saturated heterocycles. The highest BCUT2D eigenvalue weighted by atomic mass is 16.4. The van der Waals surface area contributed by atoms with Gasteiger partial charge in [0.1, 0.15) is 0 Å². The van der Waals surface area contributed by atoms with Crippen LogP contribution in [0.3, 0.4) is 0 Å². The van der Waals surface area contributed by atoms with Crippen molar-refractivity contribution < 1.29 is 15.0 Å². The van der Waals surface area contributed by atoms with Crippen molar-refractivity contribution >= 4 is 5.97 Å². The lowest BCUT2D eigenvalue weighted by Gasteiger charge is -2.36. The molecule has 5 nitrogen and oxygen atoms in total. The summed E-state index contributed by atoms with van der Waals surface area (Å²) in [5.41, 5.74) is -0.743. The second-order valence-electron chi connectivity index (χ2n) is 7.31. The van der Waals surface area contributed by atoms with E-state index in [1.807, 2.05) is 0 Å². The van der Waals surface area contributed by atoms with E-state index in [9.17, 15) is 9.90 Å². The lowest BCUT2D eigenvalue weighted by molar-refractivity contribution is -0.144. The third kappa shape index (κ3) is 6.76. The number of likely N-dealkylation sites (N-methyl/N-ethyl adjacent to an activating group) is 1. The summed E-state index contributed by atoms with van der Waals surface area (Å²) in [6.45, 7) is 5.92. The highest BCUT2D eigenvalue weighted by Gasteiger charge is 2.35. The van der Waals surface area contributed by atoms with Crippen LogP contribution in [0.4, 0.5) is 0 Å². The van der Waals surface area contributed by atoms with Crippen LogP contribution in [0.1, 0.15) is 46.0 Å². The van der Waals surface area contributed by atoms with E-state index in [2.05, 4.69) is 38.2 Å². The first kappa shape index (κ1) is 18.4. The number of carboxylic acids is 1. The lowest BCUT2D eigenvalue weighted by atomic mass is 9.78. The molecular weight excluding hydrogens is 268 g/mol. The van der Waals surface area contributed by atoms with Crippen LogP contribution in [0, 0.1) is 11.8 Å². The number of carboxylic acid groups (broad SMARTS) is 1. The molecule has 3 N–H and O–H groups in total. The molecule has 0 aromatic carbocycles. The highest BCUT2D eigenvalue weighted by molar-refractivity contribution is 5.70. The molecule has 0 aromatic rings. The minimum Gasteiger partial charge on any atom is -0.481 e. The first-order chi connectivity index (χ1) is 9.72. The van der Waals surface area contributed by atoms with E-state index in [4.69, 9.17) is 5.11 Å². The first-order valence-corrected chi connectivity index (χ1v) is 8.05. The molecule has 1 saturated carbocycles. The van der Waals surface area contributed by atoms with Gasteiger partial charge < -0.3 is 20.4 Å². The predicted octanol–water partition coefficient (Wildman–Crippen LogP) is 1.56. The fourth-order valence-corrected chi connectivity index (χ4v) is 3.15. The summed E-state index contributed by atoms with van der Waals surface area (Å²) in [5, 5.41) is 23.1. The standard InChI is InChI=1S/C16H32N2O3/c1-12(2)9-14(10-18(3)4)17-11-16(21)7-5-13(6-8-16)15(19)20/h12-14,17,21H,5-11H2,1-4H3,(H,19,20). The molecule has 0 heterocycles. The molecule has 0 aliphatic heterocycles. The molecule has 1 unspecified atom stereocenters. The minimum absolute atomic E-state index is 0.279. The van der Waals surface area contributed by atoms with E-state index in [0.29, 0.717) is 44.2 Å². The van der Waals surface area contributed by atoms with E-state index in [0.717, 1.165) is 13.0 Å². The van der Waals surface area contributed by atoms with Crippen LogP contribution in [0.5, 0.6) is 0 Å². The normalized spacial score (nSPS) is 28.0. The van der Waals surface area contributed by atoms with Crippen molar-refractivity contribution in [1.82, 2.24) is 10.2 Å². The average molecular weight is 300 g/mol. The smallest absolute Gasteiger partial charge is 0.306 e. The molecule has 1 aliphatic carbocycles. The molecule has 124 valence electrons. The van der Waals surface area contributed by atoms with Gasteiger partial charge in [0.25, 0.3) is 0 Å². The maximum Gasteiger partial charge on any atom is 0.306 e. The number of nitrogens with zero attached hydrogens (tertiary/aromatic N) is 1. The number of aliphatic hydroxyl groups is 1. The van der Waals surface area contributed by atoms with Gasteiger partial charge in [-0.3, -0.25) is 4.79 Å². The summed E-state index contributed by atoms with van der Waals surface area (Å²) in [5.74, 6) is -0.395. The lowest BCUT2D eigenvalue weighted by Crippen LogP contribution is -2.49. The van der Waals surface area contributed by atoms with Crippen LogP contribution in [-0.4, -0.2) is 59.9 Å². The summed E-state index contributed by atoms with van der Waals surface area (Å²) in [7, 11) is 4.11. The Labute approximate surface area is 128 Å². The molecule has 0 spiro atoms. The Bertz CT molecular complexity index is 313. The van der Waals surface area contributed by atoms with Crippen molar-refractivity contribution in [2.24, 2.45) is 11.8 Å². The summed E-state index contributed by atoms with van der Waals surface area (Å²) < 4.78 is 0. The molecule has 1 fully saturated rings. The molecule has 1 aliphatic rings. The topological polar surface area (TPSA) is 72.8 Å². The molecule has 21 heavy (non-hydrogen) atoms. The quantitative estimate of drug-likeness (QED) is 0.634. The molecule has 1 rings (SSSR count). The summed E-state index contributed by atoms with van der Waals surface area (Å²) >= 11 is 0. The number of hydrogen-bond donors (Lipinski definition) is 3. The third-order valence-electron chi connectivity index (χ3n) is 4.33. The van der Waals surface area contributed by atoms with Crippen molar-refractivity contribution in [2.75, 3.05) is 27.2 Å². The van der Waals surface area contributed by atoms with Gasteiger partial charge in [-0.15, -0.1) is 0 Å². The number of aliphatic carboxylic acids is 1. The van der Waals surface area contributed by atoms with Gasteiger partial charge in [-0.05, 0) is 52.1 Å². The van der Waals surface area contributed by atoms with Crippen molar-refractivity contribution in [1.29, 1.82) is 0 Å². The van der Waals surface area contributed by atoms with Gasteiger partial charge in [-0.25, -0.2) is 0 Å². The highest BCUT2D eigenvalue weighted by Crippen LogP contribution is 2.32. The Hall–Kier alpha value is -0.650. The van der Waals surface area contributed by atoms with Crippen LogP contribution in [0.25, 0.3) is 0 Å². The van der Waals surface area contributed by atoms with Gasteiger partial charge in [-0.2, -0.15) is 0 Å². The molecule has 5 heteroatoms. The Morgan fingerprint density at radius 1 is 1.33 bits per heavy atom. The Morgan fingerprint density at radius 2 is 1.90 bits per heavy atom. The second kappa shape index (κ2) is 8.11. The first-order valence-electron chi connectivity index (χ1n) is 8.05. The zero-order valence-corrected chi connectivity index (χ0v) is 13.9. The van der Waals surface area contributed by atoms with E-state index >= 15 is 0 Å². The maximum atomic E-state index is 11.0. The summed E-state index contributed by atoms with van der Waals surface area (Å²) in [6.07, 6.45) is 3.39. The maximum absolute atomic E-state index is 11.0. The van der Waals surface area contributed by atoms with E-state index < -0.39 is 11.6 Å². The largest absolute Gasteiger partial charge is 0.481 e. The SMILES string of the molecule is CC(C)CC(CN(C)C)NCC1(O)CCC(C(=O)O)CC1. The minimum atomic E-state index is -0.743. The third-order valence-corrected chi connectivity index (χ3v) is 4.33. The Kier molecular flexibility index (Phi) is 7.10. The van der Waals surface area contributed by atoms with Gasteiger partial charge in [0, 0.05) is 19.1 Å². The summed E-state index contributed by atoms with van der Waals surface area (Å²) in [4.78, 5) is 13.1. The van der Waals surface area contributed by atoms with E-state index in [-0.39, 0.29) is 5.92 Å². The van der Waals surface area contributed by atoms with Crippen LogP contribution in [0.2, 0.25) is 0 Å². The monoisotopic (exact) mass is 300 g/mol. The van der Waals surface area contributed by atoms with Crippen molar-refractivity contribution in [3.05, 3.63) is 0 Å². The van der Waals surface area contributed by atoms with Gasteiger partial charge in [-0.1, -0.05) is 13.8 Å². The van der Waals surface area contributed by atoms with Gasteiger partial charge in [0.2, 0.25) is 0 Å². The van der Waals surface area contributed by atoms with Gasteiger partial charge >= 0.3 is 5.97 Å². The number of rotatable bonds is 8. The zero-order chi connectivity index (χ0) is 16.0. The molecule has 0 bridgehead atoms. The van der Waals surface area contributed by atoms with Crippen LogP contribution in [-0.2, 0) is 4.79 Å². The molecule has 0 radical (unpaired) electrons. The van der Waals surface area contributed by atoms with Gasteiger partial charge in [0.15, 0.2) is 0 Å². The molecule has 0 aromatic heterocycles. The molecule has 1 atom stereocenters. The van der Waals surface area contributed by atoms with Crippen LogP contribution < -0.4 is 5.32 Å². The number of nitrogens with one attached hydrogen (secondary N) is 1. The predicted molar refractivity (Wildman–Crippen MR) is 84.3 cm³/mol. The second-order valence-corrected chi connectivity index (χ2v) is 7.31. The van der Waals surface area contributed by atoms with Crippen molar-refractivity contribution in [2.45, 2.75) is 57.6 Å².